The van der Waals surface area contributed by atoms with Crippen molar-refractivity contribution < 1.29 is 0 Å². The zero-order valence-electron chi connectivity index (χ0n) is 19.3. The SMILES string of the molecule is CN(C1=CC2[C@H](C=C1)C1=C(CCC=C1)C21CCCCC1)[C@@H]1C=CC(c2ccccc2)=CC1. The van der Waals surface area contributed by atoms with Crippen molar-refractivity contribution >= 4 is 5.57 Å². The predicted octanol–water partition coefficient (Wildman–Crippen LogP) is 7.63. The molecule has 164 valence electrons. The fourth-order valence-electron chi connectivity index (χ4n) is 7.18. The van der Waals surface area contributed by atoms with E-state index in [-0.39, 0.29) is 0 Å². The van der Waals surface area contributed by atoms with Crippen LogP contribution in [0.3, 0.4) is 0 Å². The molecule has 6 rings (SSSR count). The van der Waals surface area contributed by atoms with Gasteiger partial charge in [-0.1, -0.05) is 97.7 Å². The zero-order chi connectivity index (χ0) is 21.5. The summed E-state index contributed by atoms with van der Waals surface area (Å²) in [5, 5.41) is 0. The number of benzene rings is 1. The van der Waals surface area contributed by atoms with Gasteiger partial charge in [0.2, 0.25) is 0 Å². The molecule has 0 amide bonds. The summed E-state index contributed by atoms with van der Waals surface area (Å²) in [6, 6.07) is 11.2. The van der Waals surface area contributed by atoms with Crippen molar-refractivity contribution in [2.75, 3.05) is 7.05 Å². The molecule has 1 heteroatoms. The Morgan fingerprint density at radius 3 is 2.56 bits per heavy atom. The van der Waals surface area contributed by atoms with Crippen molar-refractivity contribution in [2.45, 2.75) is 57.4 Å². The van der Waals surface area contributed by atoms with Gasteiger partial charge in [-0.15, -0.1) is 0 Å². The monoisotopic (exact) mass is 421 g/mol. The van der Waals surface area contributed by atoms with Gasteiger partial charge in [0.15, 0.2) is 0 Å². The lowest BCUT2D eigenvalue weighted by Crippen LogP contribution is -2.36. The zero-order valence-corrected chi connectivity index (χ0v) is 19.3. The van der Waals surface area contributed by atoms with Crippen LogP contribution in [0.15, 0.2) is 95.8 Å². The molecule has 1 aromatic rings. The van der Waals surface area contributed by atoms with Gasteiger partial charge in [-0.25, -0.2) is 0 Å². The Morgan fingerprint density at radius 1 is 0.938 bits per heavy atom. The minimum Gasteiger partial charge on any atom is -0.368 e. The maximum absolute atomic E-state index is 2.67. The lowest BCUT2D eigenvalue weighted by molar-refractivity contribution is 0.166. The molecule has 5 aliphatic rings. The molecule has 0 aromatic heterocycles. The Hall–Kier alpha value is -2.54. The molecule has 1 saturated carbocycles. The number of hydrogen-bond donors (Lipinski definition) is 0. The average Bonchev–Trinajstić information content (AvgIpc) is 3.14. The van der Waals surface area contributed by atoms with Gasteiger partial charge >= 0.3 is 0 Å². The predicted molar refractivity (Wildman–Crippen MR) is 135 cm³/mol. The van der Waals surface area contributed by atoms with Gasteiger partial charge in [0.25, 0.3) is 0 Å². The fraction of sp³-hybridized carbons (Fsp3) is 0.419. The maximum Gasteiger partial charge on any atom is 0.0507 e. The third-order valence-corrected chi connectivity index (χ3v) is 8.85. The van der Waals surface area contributed by atoms with E-state index in [1.807, 2.05) is 5.57 Å². The van der Waals surface area contributed by atoms with E-state index in [0.29, 0.717) is 23.3 Å². The standard InChI is InChI=1S/C31H35N/c1-32(25-16-14-24(15-17-25)23-10-4-2-5-11-23)26-18-19-28-27-12-6-7-13-29(27)31(30(28)22-26)20-8-3-9-21-31/h2,4-6,10-12,14-16,18-19,22,25,28,30H,3,7-9,13,17,20-21H2,1H3/t25-,28-,30?/m1/s1. The molecule has 0 saturated heterocycles. The van der Waals surface area contributed by atoms with Crippen molar-refractivity contribution in [2.24, 2.45) is 17.3 Å². The third-order valence-electron chi connectivity index (χ3n) is 8.85. The van der Waals surface area contributed by atoms with Gasteiger partial charge in [0.1, 0.15) is 0 Å². The second-order valence-electron chi connectivity index (χ2n) is 10.4. The van der Waals surface area contributed by atoms with Crippen LogP contribution in [-0.4, -0.2) is 18.0 Å². The summed E-state index contributed by atoms with van der Waals surface area (Å²) in [6.07, 6.45) is 30.3. The van der Waals surface area contributed by atoms with E-state index < -0.39 is 0 Å². The quantitative estimate of drug-likeness (QED) is 0.485. The van der Waals surface area contributed by atoms with E-state index in [9.17, 15) is 0 Å². The van der Waals surface area contributed by atoms with Gasteiger partial charge in [0.05, 0.1) is 6.04 Å². The molecule has 1 unspecified atom stereocenters. The molecular formula is C31H35N. The number of hydrogen-bond acceptors (Lipinski definition) is 1. The summed E-state index contributed by atoms with van der Waals surface area (Å²) in [5.74, 6) is 1.25. The van der Waals surface area contributed by atoms with Crippen LogP contribution >= 0.6 is 0 Å². The molecule has 0 aliphatic heterocycles. The number of nitrogens with zero attached hydrogens (tertiary/aromatic N) is 1. The largest absolute Gasteiger partial charge is 0.368 e. The minimum absolute atomic E-state index is 0.432. The Morgan fingerprint density at radius 2 is 1.78 bits per heavy atom. The van der Waals surface area contributed by atoms with Crippen LogP contribution in [0.4, 0.5) is 0 Å². The van der Waals surface area contributed by atoms with E-state index in [4.69, 9.17) is 0 Å². The summed E-state index contributed by atoms with van der Waals surface area (Å²) in [4.78, 5) is 2.52. The van der Waals surface area contributed by atoms with Crippen molar-refractivity contribution in [3.63, 3.8) is 0 Å². The van der Waals surface area contributed by atoms with Crippen LogP contribution in [0.5, 0.6) is 0 Å². The highest BCUT2D eigenvalue weighted by molar-refractivity contribution is 5.75. The Labute approximate surface area is 193 Å². The van der Waals surface area contributed by atoms with E-state index in [1.54, 1.807) is 5.57 Å². The molecule has 1 nitrogen and oxygen atoms in total. The van der Waals surface area contributed by atoms with Gasteiger partial charge in [-0.3, -0.25) is 0 Å². The first-order valence-electron chi connectivity index (χ1n) is 12.7. The van der Waals surface area contributed by atoms with E-state index in [1.165, 1.54) is 61.8 Å². The molecule has 5 aliphatic carbocycles. The van der Waals surface area contributed by atoms with Crippen LogP contribution in [0.2, 0.25) is 0 Å². The highest BCUT2D eigenvalue weighted by Gasteiger charge is 2.52. The smallest absolute Gasteiger partial charge is 0.0507 e. The van der Waals surface area contributed by atoms with Crippen molar-refractivity contribution in [3.8, 4) is 0 Å². The summed E-state index contributed by atoms with van der Waals surface area (Å²) in [5.41, 5.74) is 8.02. The molecular weight excluding hydrogens is 386 g/mol. The number of fused-ring (bicyclic) bond motifs is 4. The van der Waals surface area contributed by atoms with Crippen molar-refractivity contribution in [1.82, 2.24) is 4.90 Å². The fourth-order valence-corrected chi connectivity index (χ4v) is 7.18. The lowest BCUT2D eigenvalue weighted by Gasteiger charge is -2.44. The van der Waals surface area contributed by atoms with Gasteiger partial charge in [-0.05, 0) is 66.2 Å². The van der Waals surface area contributed by atoms with Crippen LogP contribution < -0.4 is 0 Å². The van der Waals surface area contributed by atoms with E-state index in [0.717, 1.165) is 6.42 Å². The lowest BCUT2D eigenvalue weighted by atomic mass is 9.61. The van der Waals surface area contributed by atoms with E-state index >= 15 is 0 Å². The molecule has 0 heterocycles. The molecule has 1 fully saturated rings. The topological polar surface area (TPSA) is 3.24 Å². The third kappa shape index (κ3) is 3.20. The van der Waals surface area contributed by atoms with Crippen LogP contribution in [0, 0.1) is 17.3 Å². The Balaban J connectivity index is 1.25. The summed E-state index contributed by atoms with van der Waals surface area (Å²) in [7, 11) is 2.29. The molecule has 0 bridgehead atoms. The first-order chi connectivity index (χ1) is 15.8. The molecule has 32 heavy (non-hydrogen) atoms. The van der Waals surface area contributed by atoms with Gasteiger partial charge in [-0.2, -0.15) is 0 Å². The van der Waals surface area contributed by atoms with Crippen molar-refractivity contribution in [1.29, 1.82) is 0 Å². The normalized spacial score (nSPS) is 30.1. The number of likely N-dealkylation sites (N-methyl/N-ethyl adjacent to an activating group) is 1. The molecule has 3 atom stereocenters. The minimum atomic E-state index is 0.432. The van der Waals surface area contributed by atoms with Crippen LogP contribution in [0.25, 0.3) is 5.57 Å². The maximum atomic E-state index is 2.67. The molecule has 0 radical (unpaired) electrons. The van der Waals surface area contributed by atoms with Crippen LogP contribution in [0.1, 0.15) is 56.9 Å². The Kier molecular flexibility index (Phi) is 5.09. The Bertz CT molecular complexity index is 1050. The average molecular weight is 422 g/mol. The number of allylic oxidation sites excluding steroid dienone is 9. The number of rotatable bonds is 3. The first kappa shape index (κ1) is 20.1. The highest BCUT2D eigenvalue weighted by atomic mass is 15.1. The highest BCUT2D eigenvalue weighted by Crippen LogP contribution is 2.62. The molecule has 1 spiro atoms. The van der Waals surface area contributed by atoms with Crippen molar-refractivity contribution in [3.05, 3.63) is 101 Å². The molecule has 0 N–H and O–H groups in total. The van der Waals surface area contributed by atoms with Gasteiger partial charge < -0.3 is 4.90 Å². The molecule has 1 aromatic carbocycles. The van der Waals surface area contributed by atoms with Crippen LogP contribution in [-0.2, 0) is 0 Å². The summed E-state index contributed by atoms with van der Waals surface area (Å²) >= 11 is 0. The summed E-state index contributed by atoms with van der Waals surface area (Å²) in [6.45, 7) is 0. The van der Waals surface area contributed by atoms with E-state index in [2.05, 4.69) is 90.9 Å². The summed E-state index contributed by atoms with van der Waals surface area (Å²) < 4.78 is 0. The second kappa shape index (κ2) is 8.10. The second-order valence-corrected chi connectivity index (χ2v) is 10.4. The first-order valence-corrected chi connectivity index (χ1v) is 12.7. The van der Waals surface area contributed by atoms with Gasteiger partial charge in [0, 0.05) is 18.7 Å².